The van der Waals surface area contributed by atoms with Crippen molar-refractivity contribution in [2.75, 3.05) is 0 Å². The lowest BCUT2D eigenvalue weighted by molar-refractivity contribution is 0.856. The first-order valence-electron chi connectivity index (χ1n) is 2.91. The molecule has 0 atom stereocenters. The van der Waals surface area contributed by atoms with Gasteiger partial charge in [0.25, 0.3) is 0 Å². The summed E-state index contributed by atoms with van der Waals surface area (Å²) in [6.07, 6.45) is 5.86. The molecule has 2 nitrogen and oxygen atoms in total. The van der Waals surface area contributed by atoms with Crippen LogP contribution in [0.15, 0.2) is 12.4 Å². The number of rotatable bonds is 2. The molecule has 0 saturated carbocycles. The van der Waals surface area contributed by atoms with Gasteiger partial charge in [-0.3, -0.25) is 0 Å². The van der Waals surface area contributed by atoms with Crippen LogP contribution in [0.2, 0.25) is 0 Å². The molecule has 3 heteroatoms. The molecular formula is C6H11BrN2. The van der Waals surface area contributed by atoms with Crippen LogP contribution in [-0.4, -0.2) is 9.97 Å². The van der Waals surface area contributed by atoms with Crippen molar-refractivity contribution in [2.24, 2.45) is 0 Å². The van der Waals surface area contributed by atoms with Gasteiger partial charge in [-0.05, 0) is 6.42 Å². The first kappa shape index (κ1) is 8.69. The summed E-state index contributed by atoms with van der Waals surface area (Å²) in [7, 11) is 0. The van der Waals surface area contributed by atoms with E-state index in [1.165, 1.54) is 0 Å². The SMILES string of the molecule is Br.CCCc1ncc[nH]1. The van der Waals surface area contributed by atoms with Crippen LogP contribution in [0.1, 0.15) is 19.2 Å². The van der Waals surface area contributed by atoms with Gasteiger partial charge in [-0.25, -0.2) is 4.98 Å². The van der Waals surface area contributed by atoms with Gasteiger partial charge in [0.2, 0.25) is 0 Å². The van der Waals surface area contributed by atoms with Crippen molar-refractivity contribution in [1.82, 2.24) is 9.97 Å². The largest absolute Gasteiger partial charge is 0.349 e. The first-order chi connectivity index (χ1) is 3.93. The van der Waals surface area contributed by atoms with Gasteiger partial charge in [0.05, 0.1) is 0 Å². The van der Waals surface area contributed by atoms with E-state index in [4.69, 9.17) is 0 Å². The van der Waals surface area contributed by atoms with E-state index in [9.17, 15) is 0 Å². The van der Waals surface area contributed by atoms with Crippen molar-refractivity contribution in [3.05, 3.63) is 18.2 Å². The normalized spacial score (nSPS) is 8.56. The van der Waals surface area contributed by atoms with Crippen LogP contribution in [0.3, 0.4) is 0 Å². The predicted molar refractivity (Wildman–Crippen MR) is 42.9 cm³/mol. The highest BCUT2D eigenvalue weighted by molar-refractivity contribution is 8.93. The minimum Gasteiger partial charge on any atom is -0.349 e. The number of aryl methyl sites for hydroxylation is 1. The topological polar surface area (TPSA) is 28.7 Å². The third kappa shape index (κ3) is 2.65. The number of hydrogen-bond acceptors (Lipinski definition) is 1. The van der Waals surface area contributed by atoms with E-state index in [1.807, 2.05) is 6.20 Å². The minimum absolute atomic E-state index is 0. The lowest BCUT2D eigenvalue weighted by Crippen LogP contribution is -1.83. The van der Waals surface area contributed by atoms with Crippen molar-refractivity contribution in [3.8, 4) is 0 Å². The van der Waals surface area contributed by atoms with Crippen LogP contribution in [0.4, 0.5) is 0 Å². The molecule has 0 fully saturated rings. The molecule has 1 aromatic heterocycles. The Morgan fingerprint density at radius 3 is 2.89 bits per heavy atom. The number of halogens is 1. The maximum absolute atomic E-state index is 4.05. The molecule has 52 valence electrons. The highest BCUT2D eigenvalue weighted by atomic mass is 79.9. The highest BCUT2D eigenvalue weighted by Gasteiger charge is 1.87. The quantitative estimate of drug-likeness (QED) is 0.760. The molecule has 0 aliphatic rings. The molecule has 0 aromatic carbocycles. The van der Waals surface area contributed by atoms with Crippen LogP contribution < -0.4 is 0 Å². The highest BCUT2D eigenvalue weighted by Crippen LogP contribution is 1.91. The fourth-order valence-electron chi connectivity index (χ4n) is 0.671. The average Bonchev–Trinajstić information content (AvgIpc) is 2.19. The van der Waals surface area contributed by atoms with E-state index in [0.717, 1.165) is 18.7 Å². The van der Waals surface area contributed by atoms with Crippen molar-refractivity contribution < 1.29 is 0 Å². The standard InChI is InChI=1S/C6H10N2.BrH/c1-2-3-6-7-4-5-8-6;/h4-5H,2-3H2,1H3,(H,7,8);1H. The zero-order chi connectivity index (χ0) is 5.82. The van der Waals surface area contributed by atoms with Gasteiger partial charge >= 0.3 is 0 Å². The second-order valence-electron chi connectivity index (χ2n) is 1.79. The lowest BCUT2D eigenvalue weighted by atomic mass is 10.3. The summed E-state index contributed by atoms with van der Waals surface area (Å²) in [5.41, 5.74) is 0. The van der Waals surface area contributed by atoms with E-state index >= 15 is 0 Å². The van der Waals surface area contributed by atoms with Crippen LogP contribution in [-0.2, 0) is 6.42 Å². The maximum Gasteiger partial charge on any atom is 0.105 e. The molecule has 0 bridgehead atoms. The van der Waals surface area contributed by atoms with Gasteiger partial charge in [-0.1, -0.05) is 6.92 Å². The fraction of sp³-hybridized carbons (Fsp3) is 0.500. The molecular weight excluding hydrogens is 180 g/mol. The molecule has 0 aliphatic carbocycles. The van der Waals surface area contributed by atoms with E-state index in [1.54, 1.807) is 6.20 Å². The molecule has 0 radical (unpaired) electrons. The summed E-state index contributed by atoms with van der Waals surface area (Å²) < 4.78 is 0. The second kappa shape index (κ2) is 4.56. The summed E-state index contributed by atoms with van der Waals surface area (Å²) in [5, 5.41) is 0. The van der Waals surface area contributed by atoms with E-state index < -0.39 is 0 Å². The molecule has 0 amide bonds. The molecule has 1 heterocycles. The van der Waals surface area contributed by atoms with Crippen LogP contribution in [0.5, 0.6) is 0 Å². The molecule has 0 saturated heterocycles. The summed E-state index contributed by atoms with van der Waals surface area (Å²) in [6.45, 7) is 2.14. The third-order valence-electron chi connectivity index (χ3n) is 1.04. The Labute approximate surface area is 65.5 Å². The van der Waals surface area contributed by atoms with Crippen molar-refractivity contribution >= 4 is 17.0 Å². The van der Waals surface area contributed by atoms with Crippen molar-refractivity contribution in [3.63, 3.8) is 0 Å². The maximum atomic E-state index is 4.05. The Bertz CT molecular complexity index is 137. The molecule has 1 N–H and O–H groups in total. The van der Waals surface area contributed by atoms with Crippen molar-refractivity contribution in [1.29, 1.82) is 0 Å². The number of aromatic nitrogens is 2. The number of hydrogen-bond donors (Lipinski definition) is 1. The minimum atomic E-state index is 0. The molecule has 0 aliphatic heterocycles. The Kier molecular flexibility index (Phi) is 4.40. The van der Waals surface area contributed by atoms with E-state index in [0.29, 0.717) is 0 Å². The van der Waals surface area contributed by atoms with E-state index in [2.05, 4.69) is 16.9 Å². The summed E-state index contributed by atoms with van der Waals surface area (Å²) in [6, 6.07) is 0. The molecule has 0 unspecified atom stereocenters. The van der Waals surface area contributed by atoms with Gasteiger partial charge in [0, 0.05) is 18.8 Å². The monoisotopic (exact) mass is 190 g/mol. The number of nitrogens with zero attached hydrogens (tertiary/aromatic N) is 1. The predicted octanol–water partition coefficient (Wildman–Crippen LogP) is 1.94. The average molecular weight is 191 g/mol. The lowest BCUT2D eigenvalue weighted by Gasteiger charge is -1.85. The third-order valence-corrected chi connectivity index (χ3v) is 1.04. The molecule has 1 rings (SSSR count). The van der Waals surface area contributed by atoms with Gasteiger partial charge in [-0.2, -0.15) is 0 Å². The van der Waals surface area contributed by atoms with Crippen LogP contribution >= 0.6 is 17.0 Å². The second-order valence-corrected chi connectivity index (χ2v) is 1.79. The van der Waals surface area contributed by atoms with Gasteiger partial charge in [0.1, 0.15) is 5.82 Å². The fourth-order valence-corrected chi connectivity index (χ4v) is 0.671. The van der Waals surface area contributed by atoms with Crippen LogP contribution in [0.25, 0.3) is 0 Å². The van der Waals surface area contributed by atoms with Crippen molar-refractivity contribution in [2.45, 2.75) is 19.8 Å². The molecule has 1 aromatic rings. The summed E-state index contributed by atoms with van der Waals surface area (Å²) in [4.78, 5) is 7.08. The number of H-pyrrole nitrogens is 1. The zero-order valence-electron chi connectivity index (χ0n) is 5.42. The Balaban J connectivity index is 0.000000640. The van der Waals surface area contributed by atoms with Gasteiger partial charge in [0.15, 0.2) is 0 Å². The number of aromatic amines is 1. The Morgan fingerprint density at radius 1 is 1.67 bits per heavy atom. The number of nitrogens with one attached hydrogen (secondary N) is 1. The van der Waals surface area contributed by atoms with E-state index in [-0.39, 0.29) is 17.0 Å². The zero-order valence-corrected chi connectivity index (χ0v) is 7.14. The van der Waals surface area contributed by atoms with Gasteiger partial charge < -0.3 is 4.98 Å². The summed E-state index contributed by atoms with van der Waals surface area (Å²) in [5.74, 6) is 1.09. The Hall–Kier alpha value is -0.310. The van der Waals surface area contributed by atoms with Crippen LogP contribution in [0, 0.1) is 0 Å². The molecule has 9 heavy (non-hydrogen) atoms. The Morgan fingerprint density at radius 2 is 2.44 bits per heavy atom. The molecule has 0 spiro atoms. The summed E-state index contributed by atoms with van der Waals surface area (Å²) >= 11 is 0. The smallest absolute Gasteiger partial charge is 0.105 e. The van der Waals surface area contributed by atoms with Gasteiger partial charge in [-0.15, -0.1) is 17.0 Å². The number of imidazole rings is 1. The first-order valence-corrected chi connectivity index (χ1v) is 2.91.